The first-order valence-corrected chi connectivity index (χ1v) is 8.42. The molecule has 1 N–H and O–H groups in total. The third-order valence-electron chi connectivity index (χ3n) is 2.72. The van der Waals surface area contributed by atoms with Crippen molar-refractivity contribution in [2.75, 3.05) is 6.61 Å². The Morgan fingerprint density at radius 3 is 2.30 bits per heavy atom. The van der Waals surface area contributed by atoms with E-state index in [1.807, 2.05) is 30.3 Å². The third kappa shape index (κ3) is 5.39. The summed E-state index contributed by atoms with van der Waals surface area (Å²) in [7, 11) is -4.02. The summed E-state index contributed by atoms with van der Waals surface area (Å²) in [6.45, 7) is 1.19. The zero-order valence-corrected chi connectivity index (χ0v) is 13.8. The molecule has 0 aromatic heterocycles. The second-order valence-corrected chi connectivity index (χ2v) is 8.58. The molecule has 20 heavy (non-hydrogen) atoms. The highest BCUT2D eigenvalue weighted by Crippen LogP contribution is 2.33. The fourth-order valence-corrected chi connectivity index (χ4v) is 3.29. The number of rotatable bonds is 6. The standard InChI is InChI=1S/C12H15Cl3O4S/c1-9(11(16)12(13,14)15)20(17,18)19-8-7-10-5-3-2-4-6-10/h2-6,9,11,16H,7-8H2,1H3/t9-,11-/m1/s1. The number of aliphatic hydroxyl groups excluding tert-OH is 1. The van der Waals surface area contributed by atoms with Crippen molar-refractivity contribution < 1.29 is 17.7 Å². The van der Waals surface area contributed by atoms with E-state index in [-0.39, 0.29) is 6.61 Å². The predicted molar refractivity (Wildman–Crippen MR) is 80.8 cm³/mol. The molecule has 0 fully saturated rings. The van der Waals surface area contributed by atoms with Crippen LogP contribution in [0.5, 0.6) is 0 Å². The van der Waals surface area contributed by atoms with E-state index >= 15 is 0 Å². The predicted octanol–water partition coefficient (Wildman–Crippen LogP) is 2.70. The Balaban J connectivity index is 2.57. The molecule has 114 valence electrons. The van der Waals surface area contributed by atoms with Crippen LogP contribution in [0, 0.1) is 0 Å². The van der Waals surface area contributed by atoms with Gasteiger partial charge in [-0.2, -0.15) is 8.42 Å². The van der Waals surface area contributed by atoms with Gasteiger partial charge in [0.2, 0.25) is 3.79 Å². The van der Waals surface area contributed by atoms with Gasteiger partial charge in [0.15, 0.2) is 0 Å². The summed E-state index contributed by atoms with van der Waals surface area (Å²) >= 11 is 16.4. The van der Waals surface area contributed by atoms with Crippen LogP contribution >= 0.6 is 34.8 Å². The Morgan fingerprint density at radius 1 is 1.25 bits per heavy atom. The fourth-order valence-electron chi connectivity index (χ4n) is 1.45. The zero-order valence-electron chi connectivity index (χ0n) is 10.7. The molecule has 0 saturated heterocycles. The average Bonchev–Trinajstić information content (AvgIpc) is 2.37. The van der Waals surface area contributed by atoms with Gasteiger partial charge >= 0.3 is 0 Å². The maximum absolute atomic E-state index is 11.9. The molecule has 0 aliphatic rings. The van der Waals surface area contributed by atoms with Crippen LogP contribution in [-0.4, -0.2) is 35.3 Å². The van der Waals surface area contributed by atoms with Gasteiger partial charge in [0.05, 0.1) is 6.61 Å². The van der Waals surface area contributed by atoms with Gasteiger partial charge in [0.25, 0.3) is 10.1 Å². The maximum atomic E-state index is 11.9. The van der Waals surface area contributed by atoms with Gasteiger partial charge in [-0.1, -0.05) is 65.1 Å². The first-order chi connectivity index (χ1) is 9.14. The molecule has 8 heteroatoms. The van der Waals surface area contributed by atoms with Crippen molar-refractivity contribution in [1.29, 1.82) is 0 Å². The molecule has 0 unspecified atom stereocenters. The third-order valence-corrected chi connectivity index (χ3v) is 5.05. The molecule has 0 heterocycles. The molecule has 1 rings (SSSR count). The first-order valence-electron chi connectivity index (χ1n) is 5.81. The molecular weight excluding hydrogens is 347 g/mol. The van der Waals surface area contributed by atoms with Crippen molar-refractivity contribution in [3.63, 3.8) is 0 Å². The topological polar surface area (TPSA) is 63.6 Å². The second kappa shape index (κ2) is 7.29. The molecule has 0 amide bonds. The van der Waals surface area contributed by atoms with Gasteiger partial charge in [-0.15, -0.1) is 0 Å². The number of hydrogen-bond acceptors (Lipinski definition) is 4. The second-order valence-electron chi connectivity index (χ2n) is 4.24. The van der Waals surface area contributed by atoms with Crippen LogP contribution in [0.2, 0.25) is 0 Å². The molecule has 4 nitrogen and oxygen atoms in total. The largest absolute Gasteiger partial charge is 0.387 e. The molecule has 2 atom stereocenters. The van der Waals surface area contributed by atoms with Crippen molar-refractivity contribution in [2.45, 2.75) is 28.5 Å². The van der Waals surface area contributed by atoms with Crippen LogP contribution in [0.1, 0.15) is 12.5 Å². The normalized spacial score (nSPS) is 15.8. The molecular formula is C12H15Cl3O4S. The van der Waals surface area contributed by atoms with Gasteiger partial charge in [-0.3, -0.25) is 4.18 Å². The van der Waals surface area contributed by atoms with Crippen molar-refractivity contribution >= 4 is 44.9 Å². The van der Waals surface area contributed by atoms with Gasteiger partial charge in [0, 0.05) is 0 Å². The van der Waals surface area contributed by atoms with Crippen molar-refractivity contribution in [3.8, 4) is 0 Å². The van der Waals surface area contributed by atoms with Crippen molar-refractivity contribution in [2.24, 2.45) is 0 Å². The summed E-state index contributed by atoms with van der Waals surface area (Å²) in [5, 5.41) is 8.31. The minimum absolute atomic E-state index is 0.0384. The SMILES string of the molecule is C[C@H]([C@@H](O)C(Cl)(Cl)Cl)S(=O)(=O)OCCc1ccccc1. The maximum Gasteiger partial charge on any atom is 0.272 e. The Morgan fingerprint density at radius 2 is 1.80 bits per heavy atom. The first kappa shape index (κ1) is 18.0. The van der Waals surface area contributed by atoms with E-state index in [9.17, 15) is 13.5 Å². The molecule has 0 aliphatic heterocycles. The van der Waals surface area contributed by atoms with Gasteiger partial charge in [-0.25, -0.2) is 0 Å². The summed E-state index contributed by atoms with van der Waals surface area (Å²) in [4.78, 5) is 0. The highest BCUT2D eigenvalue weighted by atomic mass is 35.6. The minimum atomic E-state index is -4.02. The number of benzene rings is 1. The van der Waals surface area contributed by atoms with E-state index in [0.717, 1.165) is 5.56 Å². The van der Waals surface area contributed by atoms with Crippen molar-refractivity contribution in [1.82, 2.24) is 0 Å². The number of halogens is 3. The summed E-state index contributed by atoms with van der Waals surface area (Å²) in [5.41, 5.74) is 0.942. The molecule has 1 aromatic carbocycles. The van der Waals surface area contributed by atoms with Crippen LogP contribution in [-0.2, 0) is 20.7 Å². The lowest BCUT2D eigenvalue weighted by Gasteiger charge is -2.24. The lowest BCUT2D eigenvalue weighted by molar-refractivity contribution is 0.169. The van der Waals surface area contributed by atoms with Crippen LogP contribution in [0.15, 0.2) is 30.3 Å². The van der Waals surface area contributed by atoms with Gasteiger partial charge in [-0.05, 0) is 18.9 Å². The van der Waals surface area contributed by atoms with Crippen LogP contribution in [0.25, 0.3) is 0 Å². The summed E-state index contributed by atoms with van der Waals surface area (Å²) in [6, 6.07) is 9.27. The van der Waals surface area contributed by atoms with E-state index in [1.165, 1.54) is 6.92 Å². The van der Waals surface area contributed by atoms with E-state index in [2.05, 4.69) is 0 Å². The van der Waals surface area contributed by atoms with Crippen molar-refractivity contribution in [3.05, 3.63) is 35.9 Å². The van der Waals surface area contributed by atoms with E-state index in [1.54, 1.807) is 0 Å². The summed E-state index contributed by atoms with van der Waals surface area (Å²) in [5.74, 6) is 0. The minimum Gasteiger partial charge on any atom is -0.387 e. The van der Waals surface area contributed by atoms with Crippen LogP contribution in [0.4, 0.5) is 0 Å². The fraction of sp³-hybridized carbons (Fsp3) is 0.500. The molecule has 0 radical (unpaired) electrons. The number of hydrogen-bond donors (Lipinski definition) is 1. The quantitative estimate of drug-likeness (QED) is 0.625. The molecule has 0 spiro atoms. The Bertz CT molecular complexity index is 513. The molecule has 0 bridgehead atoms. The number of alkyl halides is 3. The number of aliphatic hydroxyl groups is 1. The van der Waals surface area contributed by atoms with Crippen LogP contribution < -0.4 is 0 Å². The average molecular weight is 362 g/mol. The zero-order chi connectivity index (χ0) is 15.4. The monoisotopic (exact) mass is 360 g/mol. The lowest BCUT2D eigenvalue weighted by atomic mass is 10.2. The van der Waals surface area contributed by atoms with E-state index in [4.69, 9.17) is 39.0 Å². The smallest absolute Gasteiger partial charge is 0.272 e. The highest BCUT2D eigenvalue weighted by Gasteiger charge is 2.41. The summed E-state index contributed by atoms with van der Waals surface area (Å²) < 4.78 is 26.5. The molecule has 1 aromatic rings. The molecule has 0 saturated carbocycles. The lowest BCUT2D eigenvalue weighted by Crippen LogP contribution is -2.41. The Labute approximate surface area is 133 Å². The van der Waals surface area contributed by atoms with E-state index in [0.29, 0.717) is 6.42 Å². The van der Waals surface area contributed by atoms with E-state index < -0.39 is 25.3 Å². The van der Waals surface area contributed by atoms with Crippen LogP contribution in [0.3, 0.4) is 0 Å². The summed E-state index contributed by atoms with van der Waals surface area (Å²) in [6.07, 6.45) is -1.24. The van der Waals surface area contributed by atoms with Gasteiger partial charge < -0.3 is 5.11 Å². The highest BCUT2D eigenvalue weighted by molar-refractivity contribution is 7.87. The van der Waals surface area contributed by atoms with Gasteiger partial charge in [0.1, 0.15) is 11.4 Å². The molecule has 0 aliphatic carbocycles. The Kier molecular flexibility index (Phi) is 6.57. The Hall–Kier alpha value is -0.0400.